The number of aliphatic carboxylic acids is 1. The van der Waals surface area contributed by atoms with Crippen LogP contribution in [0.3, 0.4) is 0 Å². The van der Waals surface area contributed by atoms with Gasteiger partial charge in [-0.25, -0.2) is 0 Å². The second kappa shape index (κ2) is 7.60. The monoisotopic (exact) mass is 420 g/mol. The van der Waals surface area contributed by atoms with E-state index in [1.807, 2.05) is 6.08 Å². The normalized spacial score (nSPS) is 46.4. The van der Waals surface area contributed by atoms with Crippen LogP contribution < -0.4 is 0 Å². The molecular weight excluding hydrogens is 380 g/mol. The maximum Gasteiger partial charge on any atom is 0.303 e. The maximum atomic E-state index is 11.0. The molecule has 4 rings (SSSR count). The SMILES string of the molecule is CC1CCC23CC2(C)CCCC3C1(C)CCC1=CCC(O)(C(CO)CC(=O)O)OC1. The molecule has 1 heterocycles. The Bertz CT molecular complexity index is 718. The third kappa shape index (κ3) is 3.45. The number of aliphatic hydroxyl groups excluding tert-OH is 1. The van der Waals surface area contributed by atoms with Gasteiger partial charge in [0.25, 0.3) is 0 Å². The second-order valence-electron chi connectivity index (χ2n) is 11.5. The highest BCUT2D eigenvalue weighted by atomic mass is 16.6. The zero-order chi connectivity index (χ0) is 21.8. The second-order valence-corrected chi connectivity index (χ2v) is 11.5. The summed E-state index contributed by atoms with van der Waals surface area (Å²) in [6.07, 6.45) is 12.4. The van der Waals surface area contributed by atoms with E-state index < -0.39 is 24.3 Å². The van der Waals surface area contributed by atoms with Crippen molar-refractivity contribution < 1.29 is 24.9 Å². The zero-order valence-electron chi connectivity index (χ0n) is 19.0. The van der Waals surface area contributed by atoms with Gasteiger partial charge in [-0.1, -0.05) is 33.3 Å². The molecule has 3 fully saturated rings. The van der Waals surface area contributed by atoms with Gasteiger partial charge in [0.2, 0.25) is 0 Å². The third-order valence-electron chi connectivity index (χ3n) is 10.1. The molecule has 7 atom stereocenters. The van der Waals surface area contributed by atoms with E-state index in [1.54, 1.807) is 0 Å². The molecule has 0 amide bonds. The van der Waals surface area contributed by atoms with Gasteiger partial charge < -0.3 is 20.1 Å². The van der Waals surface area contributed by atoms with Gasteiger partial charge in [-0.05, 0) is 78.6 Å². The highest BCUT2D eigenvalue weighted by Crippen LogP contribution is 2.80. The molecule has 0 aromatic carbocycles. The quantitative estimate of drug-likeness (QED) is 0.527. The van der Waals surface area contributed by atoms with Gasteiger partial charge in [0.1, 0.15) is 0 Å². The first-order valence-corrected chi connectivity index (χ1v) is 12.0. The first kappa shape index (κ1) is 22.3. The van der Waals surface area contributed by atoms with Crippen LogP contribution in [0, 0.1) is 34.0 Å². The highest BCUT2D eigenvalue weighted by Gasteiger charge is 2.72. The number of carbonyl (C=O) groups is 1. The number of rotatable bonds is 7. The first-order valence-electron chi connectivity index (χ1n) is 12.0. The molecule has 4 aliphatic rings. The fraction of sp³-hybridized carbons (Fsp3) is 0.880. The van der Waals surface area contributed by atoms with E-state index in [9.17, 15) is 15.0 Å². The fourth-order valence-electron chi connectivity index (χ4n) is 7.69. The van der Waals surface area contributed by atoms with Crippen molar-refractivity contribution in [2.75, 3.05) is 13.2 Å². The highest BCUT2D eigenvalue weighted by molar-refractivity contribution is 5.67. The van der Waals surface area contributed by atoms with Gasteiger partial charge >= 0.3 is 5.97 Å². The molecule has 3 saturated carbocycles. The van der Waals surface area contributed by atoms with E-state index in [1.165, 1.54) is 44.1 Å². The van der Waals surface area contributed by atoms with Crippen molar-refractivity contribution in [2.24, 2.45) is 34.0 Å². The van der Waals surface area contributed by atoms with Crippen LogP contribution in [0.1, 0.15) is 85.0 Å². The lowest BCUT2D eigenvalue weighted by atomic mass is 9.50. The minimum absolute atomic E-state index is 0.249. The van der Waals surface area contributed by atoms with Crippen LogP contribution in [-0.4, -0.2) is 40.3 Å². The minimum atomic E-state index is -1.58. The fourth-order valence-corrected chi connectivity index (χ4v) is 7.69. The van der Waals surface area contributed by atoms with Gasteiger partial charge in [0, 0.05) is 12.3 Å². The molecule has 3 aliphatic carbocycles. The number of hydrogen-bond donors (Lipinski definition) is 3. The molecule has 5 nitrogen and oxygen atoms in total. The molecule has 3 N–H and O–H groups in total. The summed E-state index contributed by atoms with van der Waals surface area (Å²) in [5, 5.41) is 29.3. The summed E-state index contributed by atoms with van der Waals surface area (Å²) in [5.41, 5.74) is 2.73. The summed E-state index contributed by atoms with van der Waals surface area (Å²) in [4.78, 5) is 11.0. The molecule has 1 spiro atoms. The summed E-state index contributed by atoms with van der Waals surface area (Å²) >= 11 is 0. The van der Waals surface area contributed by atoms with Crippen LogP contribution in [0.2, 0.25) is 0 Å². The van der Waals surface area contributed by atoms with Gasteiger partial charge in [0.15, 0.2) is 5.79 Å². The van der Waals surface area contributed by atoms with Crippen LogP contribution in [0.25, 0.3) is 0 Å². The van der Waals surface area contributed by atoms with E-state index in [2.05, 4.69) is 20.8 Å². The number of aliphatic hydroxyl groups is 2. The Morgan fingerprint density at radius 3 is 2.70 bits per heavy atom. The molecule has 1 aliphatic heterocycles. The lowest BCUT2D eigenvalue weighted by Crippen LogP contribution is -2.47. The molecule has 170 valence electrons. The summed E-state index contributed by atoms with van der Waals surface area (Å²) in [5.74, 6) is -1.87. The van der Waals surface area contributed by atoms with E-state index in [-0.39, 0.29) is 12.8 Å². The number of hydrogen-bond acceptors (Lipinski definition) is 4. The largest absolute Gasteiger partial charge is 0.481 e. The van der Waals surface area contributed by atoms with Crippen LogP contribution in [0.4, 0.5) is 0 Å². The average molecular weight is 421 g/mol. The van der Waals surface area contributed by atoms with Gasteiger partial charge in [0.05, 0.1) is 19.6 Å². The topological polar surface area (TPSA) is 87.0 Å². The minimum Gasteiger partial charge on any atom is -0.481 e. The van der Waals surface area contributed by atoms with Crippen molar-refractivity contribution in [3.05, 3.63) is 11.6 Å². The number of carboxylic acids is 1. The Labute approximate surface area is 180 Å². The van der Waals surface area contributed by atoms with Gasteiger partial charge in [-0.2, -0.15) is 0 Å². The molecule has 30 heavy (non-hydrogen) atoms. The van der Waals surface area contributed by atoms with Crippen molar-refractivity contribution in [3.63, 3.8) is 0 Å². The predicted molar refractivity (Wildman–Crippen MR) is 115 cm³/mol. The van der Waals surface area contributed by atoms with Crippen molar-refractivity contribution in [1.29, 1.82) is 0 Å². The van der Waals surface area contributed by atoms with Crippen molar-refractivity contribution in [3.8, 4) is 0 Å². The van der Waals surface area contributed by atoms with Crippen LogP contribution in [0.5, 0.6) is 0 Å². The standard InChI is InChI=1S/C25H40O5/c1-17-6-11-24-16-22(24,2)9-4-5-20(24)23(17,3)10-7-18-8-12-25(29,30-15-18)19(14-26)13-21(27)28/h8,17,19-20,26,29H,4-7,9-16H2,1-3H3,(H,27,28). The van der Waals surface area contributed by atoms with Crippen LogP contribution in [-0.2, 0) is 9.53 Å². The van der Waals surface area contributed by atoms with Gasteiger partial charge in [-0.3, -0.25) is 4.79 Å². The van der Waals surface area contributed by atoms with Crippen molar-refractivity contribution in [2.45, 2.75) is 90.8 Å². The van der Waals surface area contributed by atoms with Crippen LogP contribution in [0.15, 0.2) is 11.6 Å². The van der Waals surface area contributed by atoms with Crippen LogP contribution >= 0.6 is 0 Å². The average Bonchev–Trinajstić information content (AvgIpc) is 3.34. The molecule has 5 heteroatoms. The molecule has 7 unspecified atom stereocenters. The first-order chi connectivity index (χ1) is 14.1. The van der Waals surface area contributed by atoms with Crippen molar-refractivity contribution >= 4 is 5.97 Å². The maximum absolute atomic E-state index is 11.0. The predicted octanol–water partition coefficient (Wildman–Crippen LogP) is 4.52. The third-order valence-corrected chi connectivity index (χ3v) is 10.1. The number of ether oxygens (including phenoxy) is 1. The van der Waals surface area contributed by atoms with E-state index in [0.717, 1.165) is 24.7 Å². The molecule has 0 bridgehead atoms. The molecule has 0 radical (unpaired) electrons. The summed E-state index contributed by atoms with van der Waals surface area (Å²) < 4.78 is 5.75. The molecule has 0 saturated heterocycles. The van der Waals surface area contributed by atoms with Crippen molar-refractivity contribution in [1.82, 2.24) is 0 Å². The lowest BCUT2D eigenvalue weighted by Gasteiger charge is -2.55. The lowest BCUT2D eigenvalue weighted by molar-refractivity contribution is -0.243. The van der Waals surface area contributed by atoms with E-state index >= 15 is 0 Å². The Morgan fingerprint density at radius 2 is 2.07 bits per heavy atom. The van der Waals surface area contributed by atoms with E-state index in [4.69, 9.17) is 9.84 Å². The Morgan fingerprint density at radius 1 is 1.30 bits per heavy atom. The van der Waals surface area contributed by atoms with Gasteiger partial charge in [-0.15, -0.1) is 0 Å². The Balaban J connectivity index is 1.42. The molecular formula is C25H40O5. The smallest absolute Gasteiger partial charge is 0.303 e. The van der Waals surface area contributed by atoms with E-state index in [0.29, 0.717) is 22.9 Å². The summed E-state index contributed by atoms with van der Waals surface area (Å²) in [6, 6.07) is 0. The zero-order valence-corrected chi connectivity index (χ0v) is 19.0. The molecule has 0 aromatic heterocycles. The Kier molecular flexibility index (Phi) is 5.64. The molecule has 0 aromatic rings. The summed E-state index contributed by atoms with van der Waals surface area (Å²) in [7, 11) is 0. The Hall–Kier alpha value is -0.910. The summed E-state index contributed by atoms with van der Waals surface area (Å²) in [6.45, 7) is 7.43. The number of carboxylic acid groups (broad SMARTS) is 1.